The van der Waals surface area contributed by atoms with Crippen molar-refractivity contribution in [1.29, 1.82) is 0 Å². The topological polar surface area (TPSA) is 69.0 Å². The lowest BCUT2D eigenvalue weighted by molar-refractivity contribution is -0.124. The molecule has 1 saturated heterocycles. The first kappa shape index (κ1) is 12.8. The number of hydrogen-bond donors (Lipinski definition) is 1. The number of carbonyl (C=O) groups excluding carboxylic acids is 1. The SMILES string of the molecule is Cn1cnc(-c2cccc(NC(=O)C3CCCO3)c2)n1. The number of aromatic nitrogens is 3. The van der Waals surface area contributed by atoms with Crippen LogP contribution in [0.3, 0.4) is 0 Å². The molecule has 1 aliphatic heterocycles. The first-order chi connectivity index (χ1) is 9.72. The standard InChI is InChI=1S/C14H16N4O2/c1-18-9-15-13(17-18)10-4-2-5-11(8-10)16-14(19)12-6-3-7-20-12/h2,4-5,8-9,12H,3,6-7H2,1H3,(H,16,19). The zero-order valence-corrected chi connectivity index (χ0v) is 11.2. The summed E-state index contributed by atoms with van der Waals surface area (Å²) in [7, 11) is 1.82. The van der Waals surface area contributed by atoms with Crippen LogP contribution >= 0.6 is 0 Å². The molecule has 1 aliphatic rings. The van der Waals surface area contributed by atoms with Crippen LogP contribution in [0.5, 0.6) is 0 Å². The molecule has 1 aromatic carbocycles. The van der Waals surface area contributed by atoms with Crippen molar-refractivity contribution in [2.75, 3.05) is 11.9 Å². The Hall–Kier alpha value is -2.21. The Kier molecular flexibility index (Phi) is 3.47. The van der Waals surface area contributed by atoms with Gasteiger partial charge >= 0.3 is 0 Å². The molecule has 2 aromatic rings. The van der Waals surface area contributed by atoms with Gasteiger partial charge in [0.15, 0.2) is 5.82 Å². The molecule has 0 spiro atoms. The third-order valence-electron chi connectivity index (χ3n) is 3.21. The van der Waals surface area contributed by atoms with Gasteiger partial charge in [-0.3, -0.25) is 9.48 Å². The van der Waals surface area contributed by atoms with E-state index in [9.17, 15) is 4.79 Å². The second-order valence-corrected chi connectivity index (χ2v) is 4.81. The molecule has 1 unspecified atom stereocenters. The number of hydrogen-bond acceptors (Lipinski definition) is 4. The zero-order valence-electron chi connectivity index (χ0n) is 11.2. The summed E-state index contributed by atoms with van der Waals surface area (Å²) in [5.74, 6) is 0.550. The van der Waals surface area contributed by atoms with Crippen molar-refractivity contribution in [3.05, 3.63) is 30.6 Å². The van der Waals surface area contributed by atoms with E-state index in [1.165, 1.54) is 0 Å². The molecule has 2 heterocycles. The van der Waals surface area contributed by atoms with Crippen LogP contribution in [0.25, 0.3) is 11.4 Å². The Morgan fingerprint density at radius 1 is 1.50 bits per heavy atom. The second kappa shape index (κ2) is 5.42. The van der Waals surface area contributed by atoms with E-state index in [1.54, 1.807) is 11.0 Å². The Morgan fingerprint density at radius 3 is 3.10 bits per heavy atom. The molecule has 1 N–H and O–H groups in total. The minimum atomic E-state index is -0.327. The van der Waals surface area contributed by atoms with Crippen molar-refractivity contribution in [2.45, 2.75) is 18.9 Å². The van der Waals surface area contributed by atoms with Gasteiger partial charge < -0.3 is 10.1 Å². The van der Waals surface area contributed by atoms with E-state index < -0.39 is 0 Å². The summed E-state index contributed by atoms with van der Waals surface area (Å²) in [4.78, 5) is 16.2. The lowest BCUT2D eigenvalue weighted by Gasteiger charge is -2.10. The molecule has 0 bridgehead atoms. The van der Waals surface area contributed by atoms with Crippen LogP contribution in [0.4, 0.5) is 5.69 Å². The van der Waals surface area contributed by atoms with Gasteiger partial charge in [-0.15, -0.1) is 0 Å². The van der Waals surface area contributed by atoms with E-state index in [-0.39, 0.29) is 12.0 Å². The van der Waals surface area contributed by atoms with Gasteiger partial charge in [0, 0.05) is 24.9 Å². The maximum atomic E-state index is 12.0. The Labute approximate surface area is 116 Å². The van der Waals surface area contributed by atoms with Gasteiger partial charge in [-0.05, 0) is 25.0 Å². The smallest absolute Gasteiger partial charge is 0.253 e. The van der Waals surface area contributed by atoms with Crippen LogP contribution < -0.4 is 5.32 Å². The van der Waals surface area contributed by atoms with Crippen molar-refractivity contribution >= 4 is 11.6 Å². The molecule has 1 fully saturated rings. The molecule has 20 heavy (non-hydrogen) atoms. The highest BCUT2D eigenvalue weighted by Gasteiger charge is 2.23. The van der Waals surface area contributed by atoms with E-state index in [2.05, 4.69) is 15.4 Å². The van der Waals surface area contributed by atoms with E-state index in [0.29, 0.717) is 12.4 Å². The van der Waals surface area contributed by atoms with Gasteiger partial charge in [-0.2, -0.15) is 5.10 Å². The molecular weight excluding hydrogens is 256 g/mol. The van der Waals surface area contributed by atoms with Crippen LogP contribution in [0.1, 0.15) is 12.8 Å². The average Bonchev–Trinajstić information content (AvgIpc) is 3.10. The molecule has 6 heteroatoms. The predicted molar refractivity (Wildman–Crippen MR) is 74.0 cm³/mol. The minimum Gasteiger partial charge on any atom is -0.368 e. The number of carbonyl (C=O) groups is 1. The van der Waals surface area contributed by atoms with Crippen molar-refractivity contribution < 1.29 is 9.53 Å². The Balaban J connectivity index is 1.75. The lowest BCUT2D eigenvalue weighted by Crippen LogP contribution is -2.26. The zero-order chi connectivity index (χ0) is 13.9. The summed E-state index contributed by atoms with van der Waals surface area (Å²) in [6.07, 6.45) is 3.04. The van der Waals surface area contributed by atoms with Gasteiger partial charge in [-0.1, -0.05) is 12.1 Å². The maximum Gasteiger partial charge on any atom is 0.253 e. The number of ether oxygens (including phenoxy) is 1. The largest absolute Gasteiger partial charge is 0.368 e. The van der Waals surface area contributed by atoms with Crippen LogP contribution in [-0.2, 0) is 16.6 Å². The first-order valence-electron chi connectivity index (χ1n) is 6.61. The minimum absolute atomic E-state index is 0.0892. The van der Waals surface area contributed by atoms with Crippen molar-refractivity contribution in [3.63, 3.8) is 0 Å². The highest BCUT2D eigenvalue weighted by atomic mass is 16.5. The number of aryl methyl sites for hydroxylation is 1. The van der Waals surface area contributed by atoms with Gasteiger partial charge in [0.25, 0.3) is 5.91 Å². The van der Waals surface area contributed by atoms with Crippen molar-refractivity contribution in [1.82, 2.24) is 14.8 Å². The second-order valence-electron chi connectivity index (χ2n) is 4.81. The Morgan fingerprint density at radius 2 is 2.40 bits per heavy atom. The third kappa shape index (κ3) is 2.70. The molecule has 1 atom stereocenters. The monoisotopic (exact) mass is 272 g/mol. The van der Waals surface area contributed by atoms with Crippen molar-refractivity contribution in [2.24, 2.45) is 7.05 Å². The Bertz CT molecular complexity index is 617. The third-order valence-corrected chi connectivity index (χ3v) is 3.21. The number of nitrogens with one attached hydrogen (secondary N) is 1. The summed E-state index contributed by atoms with van der Waals surface area (Å²) in [5, 5.41) is 7.12. The molecule has 0 saturated carbocycles. The molecule has 1 amide bonds. The van der Waals surface area contributed by atoms with E-state index in [4.69, 9.17) is 4.74 Å². The maximum absolute atomic E-state index is 12.0. The number of amides is 1. The summed E-state index contributed by atoms with van der Waals surface area (Å²) in [5.41, 5.74) is 1.60. The van der Waals surface area contributed by atoms with Crippen LogP contribution in [0.15, 0.2) is 30.6 Å². The fourth-order valence-corrected chi connectivity index (χ4v) is 2.21. The van der Waals surface area contributed by atoms with Crippen molar-refractivity contribution in [3.8, 4) is 11.4 Å². The van der Waals surface area contributed by atoms with Gasteiger partial charge in [0.05, 0.1) is 0 Å². The number of nitrogens with zero attached hydrogens (tertiary/aromatic N) is 3. The fraction of sp³-hybridized carbons (Fsp3) is 0.357. The van der Waals surface area contributed by atoms with E-state index >= 15 is 0 Å². The molecule has 6 nitrogen and oxygen atoms in total. The molecule has 1 aromatic heterocycles. The molecule has 104 valence electrons. The summed E-state index contributed by atoms with van der Waals surface area (Å²) in [6, 6.07) is 7.50. The van der Waals surface area contributed by atoms with Crippen LogP contribution in [0, 0.1) is 0 Å². The normalized spacial score (nSPS) is 18.1. The molecule has 3 rings (SSSR count). The number of rotatable bonds is 3. The lowest BCUT2D eigenvalue weighted by atomic mass is 10.1. The molecule has 0 radical (unpaired) electrons. The fourth-order valence-electron chi connectivity index (χ4n) is 2.21. The van der Waals surface area contributed by atoms with Gasteiger partial charge in [0.2, 0.25) is 0 Å². The van der Waals surface area contributed by atoms with E-state index in [1.807, 2.05) is 31.3 Å². The van der Waals surface area contributed by atoms with Gasteiger partial charge in [0.1, 0.15) is 12.4 Å². The van der Waals surface area contributed by atoms with E-state index in [0.717, 1.165) is 24.1 Å². The quantitative estimate of drug-likeness (QED) is 0.921. The number of benzene rings is 1. The summed E-state index contributed by atoms with van der Waals surface area (Å²) in [6.45, 7) is 0.663. The van der Waals surface area contributed by atoms with Crippen LogP contribution in [0.2, 0.25) is 0 Å². The molecular formula is C14H16N4O2. The summed E-state index contributed by atoms with van der Waals surface area (Å²) >= 11 is 0. The highest BCUT2D eigenvalue weighted by Crippen LogP contribution is 2.20. The summed E-state index contributed by atoms with van der Waals surface area (Å²) < 4.78 is 7.01. The molecule has 0 aliphatic carbocycles. The van der Waals surface area contributed by atoms with Crippen LogP contribution in [-0.4, -0.2) is 33.4 Å². The average molecular weight is 272 g/mol. The predicted octanol–water partition coefficient (Wildman–Crippen LogP) is 1.60. The first-order valence-corrected chi connectivity index (χ1v) is 6.61. The highest BCUT2D eigenvalue weighted by molar-refractivity contribution is 5.94. The van der Waals surface area contributed by atoms with Gasteiger partial charge in [-0.25, -0.2) is 4.98 Å². The number of anilines is 1.